The Morgan fingerprint density at radius 3 is 2.28 bits per heavy atom. The fourth-order valence-electron chi connectivity index (χ4n) is 3.36. The minimum atomic E-state index is -3.82. The second kappa shape index (κ2) is 7.65. The van der Waals surface area contributed by atoms with Gasteiger partial charge in [0.1, 0.15) is 26.4 Å². The predicted molar refractivity (Wildman–Crippen MR) is 114 cm³/mol. The highest BCUT2D eigenvalue weighted by molar-refractivity contribution is 7.89. The maximum Gasteiger partial charge on any atom is 0.241 e. The molecular formula is C21H29NO5SSi. The molecule has 1 fully saturated rings. The fourth-order valence-corrected chi connectivity index (χ4v) is 5.11. The van der Waals surface area contributed by atoms with Crippen LogP contribution in [0, 0.1) is 18.4 Å². The first-order chi connectivity index (χ1) is 13.3. The zero-order valence-electron chi connectivity index (χ0n) is 17.7. The molecule has 158 valence electrons. The number of sulfonamides is 1. The van der Waals surface area contributed by atoms with E-state index in [4.69, 9.17) is 9.47 Å². The van der Waals surface area contributed by atoms with Crippen molar-refractivity contribution in [2.45, 2.75) is 75.4 Å². The normalized spacial score (nSPS) is 28.9. The van der Waals surface area contributed by atoms with Crippen molar-refractivity contribution in [2.75, 3.05) is 0 Å². The lowest BCUT2D eigenvalue weighted by Gasteiger charge is -2.33. The summed E-state index contributed by atoms with van der Waals surface area (Å²) in [7, 11) is -5.54. The van der Waals surface area contributed by atoms with E-state index in [0.29, 0.717) is 5.57 Å². The van der Waals surface area contributed by atoms with Gasteiger partial charge in [-0.1, -0.05) is 43.3 Å². The van der Waals surface area contributed by atoms with Gasteiger partial charge in [-0.25, -0.2) is 13.1 Å². The molecule has 1 aromatic carbocycles. The van der Waals surface area contributed by atoms with Crippen LogP contribution in [-0.2, 0) is 19.5 Å². The highest BCUT2D eigenvalue weighted by Gasteiger charge is 2.52. The molecule has 29 heavy (non-hydrogen) atoms. The van der Waals surface area contributed by atoms with Crippen LogP contribution in [0.25, 0.3) is 0 Å². The van der Waals surface area contributed by atoms with E-state index in [-0.39, 0.29) is 4.90 Å². The molecule has 3 rings (SSSR count). The number of hydrogen-bond acceptors (Lipinski definition) is 5. The van der Waals surface area contributed by atoms with Crippen molar-refractivity contribution in [3.63, 3.8) is 0 Å². The Hall–Kier alpha value is -1.47. The Morgan fingerprint density at radius 2 is 1.69 bits per heavy atom. The van der Waals surface area contributed by atoms with E-state index in [1.165, 1.54) is 0 Å². The molecule has 2 aliphatic rings. The lowest BCUT2D eigenvalue weighted by atomic mass is 9.88. The van der Waals surface area contributed by atoms with Gasteiger partial charge in [0.15, 0.2) is 5.79 Å². The molecule has 0 radical (unpaired) electrons. The Bertz CT molecular complexity index is 967. The first-order valence-corrected chi connectivity index (χ1v) is 14.6. The predicted octanol–water partition coefficient (Wildman–Crippen LogP) is 2.34. The van der Waals surface area contributed by atoms with Crippen LogP contribution in [0.15, 0.2) is 40.8 Å². The van der Waals surface area contributed by atoms with Crippen LogP contribution < -0.4 is 4.72 Å². The minimum absolute atomic E-state index is 0.168. The number of fused-ring (bicyclic) bond motifs is 1. The minimum Gasteiger partial charge on any atom is -0.386 e. The number of aliphatic hydroxyl groups excluding tert-OH is 1. The van der Waals surface area contributed by atoms with Gasteiger partial charge in [0.05, 0.1) is 10.9 Å². The number of rotatable bonds is 3. The SMILES string of the molecule is Cc1ccc(S(=O)(=O)N[C@@H]2C(C#C[Si](C)(C)C)=C[C@H](O)[C@H]3OC(C)(C)O[C@H]32)cc1. The van der Waals surface area contributed by atoms with Crippen molar-refractivity contribution < 1.29 is 23.0 Å². The molecular weight excluding hydrogens is 406 g/mol. The van der Waals surface area contributed by atoms with Gasteiger partial charge in [-0.05, 0) is 39.0 Å². The fraction of sp³-hybridized carbons (Fsp3) is 0.524. The molecule has 1 heterocycles. The zero-order valence-corrected chi connectivity index (χ0v) is 19.5. The van der Waals surface area contributed by atoms with E-state index in [1.807, 2.05) is 6.92 Å². The van der Waals surface area contributed by atoms with Gasteiger partial charge in [-0.2, -0.15) is 0 Å². The standard InChI is InChI=1S/C21H29NO5SSi/c1-14-7-9-16(10-8-14)28(24,25)22-18-15(11-12-29(4,5)6)13-17(23)19-20(18)27-21(2,3)26-19/h7-10,13,17-20,22-23H,1-6H3/t17-,18+,19+,20-/m0/s1. The van der Waals surface area contributed by atoms with Crippen molar-refractivity contribution in [1.29, 1.82) is 0 Å². The summed E-state index contributed by atoms with van der Waals surface area (Å²) in [6.07, 6.45) is -0.696. The van der Waals surface area contributed by atoms with Gasteiger partial charge in [0, 0.05) is 5.57 Å². The molecule has 1 aliphatic carbocycles. The Morgan fingerprint density at radius 1 is 1.10 bits per heavy atom. The van der Waals surface area contributed by atoms with Gasteiger partial charge < -0.3 is 14.6 Å². The summed E-state index contributed by atoms with van der Waals surface area (Å²) in [6, 6.07) is 5.89. The number of hydrogen-bond donors (Lipinski definition) is 2. The van der Waals surface area contributed by atoms with Gasteiger partial charge in [-0.3, -0.25) is 0 Å². The Kier molecular flexibility index (Phi) is 5.86. The third-order valence-electron chi connectivity index (χ3n) is 4.71. The molecule has 0 aromatic heterocycles. The van der Waals surface area contributed by atoms with Gasteiger partial charge in [-0.15, -0.1) is 5.54 Å². The van der Waals surface area contributed by atoms with Crippen LogP contribution in [0.3, 0.4) is 0 Å². The number of ether oxygens (including phenoxy) is 2. The average molecular weight is 436 g/mol. The number of nitrogens with one attached hydrogen (secondary N) is 1. The molecule has 0 unspecified atom stereocenters. The smallest absolute Gasteiger partial charge is 0.241 e. The van der Waals surface area contributed by atoms with Crippen LogP contribution in [0.5, 0.6) is 0 Å². The van der Waals surface area contributed by atoms with Crippen molar-refractivity contribution in [1.82, 2.24) is 4.72 Å². The molecule has 1 saturated heterocycles. The van der Waals surface area contributed by atoms with Crippen LogP contribution in [0.2, 0.25) is 19.6 Å². The average Bonchev–Trinajstić information content (AvgIpc) is 2.91. The van der Waals surface area contributed by atoms with E-state index in [9.17, 15) is 13.5 Å². The van der Waals surface area contributed by atoms with E-state index in [0.717, 1.165) is 5.56 Å². The highest BCUT2D eigenvalue weighted by atomic mass is 32.2. The van der Waals surface area contributed by atoms with Crippen LogP contribution in [0.1, 0.15) is 19.4 Å². The second-order valence-corrected chi connectivity index (χ2v) is 15.6. The number of aryl methyl sites for hydroxylation is 1. The third kappa shape index (κ3) is 5.18. The summed E-state index contributed by atoms with van der Waals surface area (Å²) in [4.78, 5) is 0.168. The molecule has 0 saturated carbocycles. The first-order valence-electron chi connectivity index (χ1n) is 9.65. The van der Waals surface area contributed by atoms with Crippen molar-refractivity contribution >= 4 is 18.1 Å². The van der Waals surface area contributed by atoms with E-state index < -0.39 is 48.2 Å². The van der Waals surface area contributed by atoms with Gasteiger partial charge in [0.25, 0.3) is 0 Å². The van der Waals surface area contributed by atoms with E-state index in [2.05, 4.69) is 35.8 Å². The summed E-state index contributed by atoms with van der Waals surface area (Å²) in [6.45, 7) is 11.7. The van der Waals surface area contributed by atoms with Crippen molar-refractivity contribution in [3.8, 4) is 11.5 Å². The quantitative estimate of drug-likeness (QED) is 0.562. The first kappa shape index (κ1) is 22.2. The monoisotopic (exact) mass is 435 g/mol. The molecule has 4 atom stereocenters. The zero-order chi connectivity index (χ0) is 21.6. The summed E-state index contributed by atoms with van der Waals surface area (Å²) in [5, 5.41) is 10.6. The maximum absolute atomic E-state index is 13.1. The number of aliphatic hydroxyl groups is 1. The lowest BCUT2D eigenvalue weighted by Crippen LogP contribution is -2.54. The molecule has 6 nitrogen and oxygen atoms in total. The highest BCUT2D eigenvalue weighted by Crippen LogP contribution is 2.37. The van der Waals surface area contributed by atoms with Crippen LogP contribution in [-0.4, -0.2) is 51.7 Å². The Labute approximate surface area is 174 Å². The Balaban J connectivity index is 2.01. The molecule has 0 amide bonds. The molecule has 2 N–H and O–H groups in total. The number of benzene rings is 1. The van der Waals surface area contributed by atoms with Crippen molar-refractivity contribution in [3.05, 3.63) is 41.5 Å². The molecule has 8 heteroatoms. The molecule has 0 bridgehead atoms. The second-order valence-electron chi connectivity index (χ2n) is 9.09. The largest absolute Gasteiger partial charge is 0.386 e. The van der Waals surface area contributed by atoms with Crippen LogP contribution in [0.4, 0.5) is 0 Å². The molecule has 0 spiro atoms. The van der Waals surface area contributed by atoms with Gasteiger partial charge >= 0.3 is 0 Å². The molecule has 1 aromatic rings. The summed E-state index contributed by atoms with van der Waals surface area (Å²) in [5.74, 6) is 2.18. The summed E-state index contributed by atoms with van der Waals surface area (Å²) >= 11 is 0. The summed E-state index contributed by atoms with van der Waals surface area (Å²) in [5.41, 5.74) is 4.74. The summed E-state index contributed by atoms with van der Waals surface area (Å²) < 4.78 is 40.7. The van der Waals surface area contributed by atoms with E-state index in [1.54, 1.807) is 44.2 Å². The van der Waals surface area contributed by atoms with Crippen LogP contribution >= 0.6 is 0 Å². The molecule has 1 aliphatic heterocycles. The lowest BCUT2D eigenvalue weighted by molar-refractivity contribution is -0.152. The van der Waals surface area contributed by atoms with E-state index >= 15 is 0 Å². The third-order valence-corrected chi connectivity index (χ3v) is 7.04. The maximum atomic E-state index is 13.1. The van der Waals surface area contributed by atoms with Crippen molar-refractivity contribution in [2.24, 2.45) is 0 Å². The topological polar surface area (TPSA) is 84.9 Å². The van der Waals surface area contributed by atoms with Gasteiger partial charge in [0.2, 0.25) is 10.0 Å².